The number of fused-ring (bicyclic) bond motifs is 2. The van der Waals surface area contributed by atoms with Gasteiger partial charge in [-0.25, -0.2) is 0 Å². The Morgan fingerprint density at radius 1 is 0.952 bits per heavy atom. The molecule has 4 heterocycles. The molecule has 5 nitrogen and oxygen atoms in total. The van der Waals surface area contributed by atoms with Crippen LogP contribution in [0.5, 0.6) is 0 Å². The molecular weight excluding hydrogens is 558 g/mol. The zero-order chi connectivity index (χ0) is 29.6. The van der Waals surface area contributed by atoms with Gasteiger partial charge in [-0.1, -0.05) is 24.3 Å². The SMILES string of the molecule is O=C(c1cc(C(F)(F)F)cc(C(F)(F)F)c1)N1C[C@H]2CCC(c3cccnc3)=CN2C[C@H]1Cc1c[nH]c2ccccc12. The number of para-hydroxylation sites is 1. The fraction of sp³-hybridized carbons (Fsp3) is 0.290. The summed E-state index contributed by atoms with van der Waals surface area (Å²) in [6.07, 6.45) is -1.02. The van der Waals surface area contributed by atoms with Crippen molar-refractivity contribution in [2.75, 3.05) is 13.1 Å². The van der Waals surface area contributed by atoms with E-state index >= 15 is 0 Å². The Kier molecular flexibility index (Phi) is 6.98. The number of alkyl halides is 6. The number of nitrogens with zero attached hydrogens (tertiary/aromatic N) is 3. The molecule has 0 unspecified atom stereocenters. The number of carbonyl (C=O) groups excluding carboxylic acids is 1. The van der Waals surface area contributed by atoms with Crippen molar-refractivity contribution in [3.8, 4) is 0 Å². The zero-order valence-electron chi connectivity index (χ0n) is 22.2. The summed E-state index contributed by atoms with van der Waals surface area (Å²) >= 11 is 0. The number of nitrogens with one attached hydrogen (secondary N) is 1. The molecule has 2 atom stereocenters. The second-order valence-electron chi connectivity index (χ2n) is 10.8. The highest BCUT2D eigenvalue weighted by Gasteiger charge is 2.41. The number of carbonyl (C=O) groups is 1. The Bertz CT molecular complexity index is 1610. The van der Waals surface area contributed by atoms with Crippen molar-refractivity contribution < 1.29 is 31.1 Å². The minimum Gasteiger partial charge on any atom is -0.370 e. The van der Waals surface area contributed by atoms with Crippen molar-refractivity contribution >= 4 is 22.4 Å². The van der Waals surface area contributed by atoms with E-state index in [2.05, 4.69) is 14.9 Å². The highest BCUT2D eigenvalue weighted by Crippen LogP contribution is 2.38. The first-order chi connectivity index (χ1) is 20.0. The molecule has 0 radical (unpaired) electrons. The first-order valence-electron chi connectivity index (χ1n) is 13.5. The number of halogens is 6. The summed E-state index contributed by atoms with van der Waals surface area (Å²) in [5, 5.41) is 0.940. The molecule has 1 N–H and O–H groups in total. The fourth-order valence-electron chi connectivity index (χ4n) is 5.97. The summed E-state index contributed by atoms with van der Waals surface area (Å²) in [5.41, 5.74) is 0.216. The van der Waals surface area contributed by atoms with E-state index in [1.807, 2.05) is 48.8 Å². The number of amides is 1. The number of rotatable bonds is 4. The van der Waals surface area contributed by atoms with Crippen molar-refractivity contribution in [3.63, 3.8) is 0 Å². The number of H-pyrrole nitrogens is 1. The minimum atomic E-state index is -5.05. The molecule has 0 spiro atoms. The molecular formula is C31H26F6N4O. The van der Waals surface area contributed by atoms with Crippen LogP contribution in [0.15, 0.2) is 79.4 Å². The van der Waals surface area contributed by atoms with Crippen LogP contribution in [-0.4, -0.2) is 50.8 Å². The molecule has 6 rings (SSSR count). The lowest BCUT2D eigenvalue weighted by atomic mass is 9.90. The third-order valence-electron chi connectivity index (χ3n) is 8.07. The van der Waals surface area contributed by atoms with E-state index < -0.39 is 41.0 Å². The van der Waals surface area contributed by atoms with E-state index in [0.29, 0.717) is 37.9 Å². The molecule has 0 saturated carbocycles. The number of aromatic nitrogens is 2. The second kappa shape index (κ2) is 10.5. The Morgan fingerprint density at radius 3 is 2.38 bits per heavy atom. The predicted molar refractivity (Wildman–Crippen MR) is 145 cm³/mol. The number of hydrogen-bond donors (Lipinski definition) is 1. The van der Waals surface area contributed by atoms with Crippen LogP contribution in [0, 0.1) is 0 Å². The van der Waals surface area contributed by atoms with E-state index in [4.69, 9.17) is 0 Å². The Morgan fingerprint density at radius 2 is 1.69 bits per heavy atom. The van der Waals surface area contributed by atoms with Gasteiger partial charge in [-0.3, -0.25) is 9.78 Å². The van der Waals surface area contributed by atoms with Crippen molar-refractivity contribution in [1.29, 1.82) is 0 Å². The van der Waals surface area contributed by atoms with Crippen LogP contribution in [0.1, 0.15) is 45.5 Å². The van der Waals surface area contributed by atoms with Gasteiger partial charge >= 0.3 is 12.4 Å². The van der Waals surface area contributed by atoms with Gasteiger partial charge in [-0.15, -0.1) is 0 Å². The number of pyridine rings is 1. The van der Waals surface area contributed by atoms with Gasteiger partial charge in [0.2, 0.25) is 0 Å². The Labute approximate surface area is 237 Å². The van der Waals surface area contributed by atoms with Crippen molar-refractivity contribution in [2.45, 2.75) is 43.7 Å². The summed E-state index contributed by atoms with van der Waals surface area (Å²) in [6, 6.07) is 11.9. The maximum absolute atomic E-state index is 13.9. The van der Waals surface area contributed by atoms with Crippen LogP contribution in [0.25, 0.3) is 16.5 Å². The summed E-state index contributed by atoms with van der Waals surface area (Å²) in [4.78, 5) is 24.9. The Hall–Kier alpha value is -4.28. The van der Waals surface area contributed by atoms with Gasteiger partial charge in [0.15, 0.2) is 0 Å². The van der Waals surface area contributed by atoms with Crippen molar-refractivity contribution in [2.24, 2.45) is 0 Å². The third kappa shape index (κ3) is 5.47. The van der Waals surface area contributed by atoms with Crippen LogP contribution < -0.4 is 0 Å². The van der Waals surface area contributed by atoms with Crippen LogP contribution in [0.3, 0.4) is 0 Å². The smallest absolute Gasteiger partial charge is 0.370 e. The number of piperazine rings is 1. The first-order valence-corrected chi connectivity index (χ1v) is 13.5. The normalized spacial score (nSPS) is 19.5. The van der Waals surface area contributed by atoms with E-state index in [1.54, 1.807) is 12.4 Å². The zero-order valence-corrected chi connectivity index (χ0v) is 22.2. The predicted octanol–water partition coefficient (Wildman–Crippen LogP) is 7.17. The van der Waals surface area contributed by atoms with Crippen LogP contribution in [-0.2, 0) is 18.8 Å². The molecule has 2 aliphatic heterocycles. The van der Waals surface area contributed by atoms with Crippen LogP contribution in [0.2, 0.25) is 0 Å². The lowest BCUT2D eigenvalue weighted by molar-refractivity contribution is -0.143. The largest absolute Gasteiger partial charge is 0.416 e. The van der Waals surface area contributed by atoms with Crippen LogP contribution >= 0.6 is 0 Å². The fourth-order valence-corrected chi connectivity index (χ4v) is 5.97. The van der Waals surface area contributed by atoms with Gasteiger partial charge in [0.1, 0.15) is 0 Å². The molecule has 1 saturated heterocycles. The summed E-state index contributed by atoms with van der Waals surface area (Å²) in [5.74, 6) is -0.849. The maximum atomic E-state index is 13.9. The lowest BCUT2D eigenvalue weighted by Crippen LogP contribution is -2.59. The molecule has 218 valence electrons. The molecule has 11 heteroatoms. The molecule has 1 fully saturated rings. The van der Waals surface area contributed by atoms with Gasteiger partial charge in [0, 0.05) is 60.4 Å². The van der Waals surface area contributed by atoms with E-state index in [0.717, 1.165) is 27.6 Å². The van der Waals surface area contributed by atoms with E-state index in [1.165, 1.54) is 4.90 Å². The summed E-state index contributed by atoms with van der Waals surface area (Å²) in [7, 11) is 0. The molecule has 2 aliphatic rings. The van der Waals surface area contributed by atoms with E-state index in [9.17, 15) is 31.1 Å². The molecule has 0 aliphatic carbocycles. The second-order valence-corrected chi connectivity index (χ2v) is 10.8. The number of allylic oxidation sites excluding steroid dienone is 1. The van der Waals surface area contributed by atoms with Gasteiger partial charge in [0.25, 0.3) is 5.91 Å². The van der Waals surface area contributed by atoms with Gasteiger partial charge in [-0.2, -0.15) is 26.3 Å². The molecule has 42 heavy (non-hydrogen) atoms. The third-order valence-corrected chi connectivity index (χ3v) is 8.07. The van der Waals surface area contributed by atoms with E-state index in [-0.39, 0.29) is 18.7 Å². The maximum Gasteiger partial charge on any atom is 0.416 e. The number of benzene rings is 2. The number of aromatic amines is 1. The summed E-state index contributed by atoms with van der Waals surface area (Å²) in [6.45, 7) is 0.533. The van der Waals surface area contributed by atoms with Gasteiger partial charge < -0.3 is 14.8 Å². The number of hydrogen-bond acceptors (Lipinski definition) is 3. The molecule has 0 bridgehead atoms. The minimum absolute atomic E-state index is 0.0457. The first kappa shape index (κ1) is 27.9. The van der Waals surface area contributed by atoms with Crippen molar-refractivity contribution in [1.82, 2.24) is 19.8 Å². The highest BCUT2D eigenvalue weighted by atomic mass is 19.4. The van der Waals surface area contributed by atoms with Gasteiger partial charge in [-0.05, 0) is 66.3 Å². The quantitative estimate of drug-likeness (QED) is 0.259. The monoisotopic (exact) mass is 584 g/mol. The average Bonchev–Trinajstić information content (AvgIpc) is 3.38. The lowest BCUT2D eigenvalue weighted by Gasteiger charge is -2.48. The Balaban J connectivity index is 1.38. The topological polar surface area (TPSA) is 52.2 Å². The molecule has 1 amide bonds. The van der Waals surface area contributed by atoms with Gasteiger partial charge in [0.05, 0.1) is 17.2 Å². The molecule has 4 aromatic rings. The molecule has 2 aromatic carbocycles. The average molecular weight is 585 g/mol. The molecule has 2 aromatic heterocycles. The summed E-state index contributed by atoms with van der Waals surface area (Å²) < 4.78 is 81.6. The van der Waals surface area contributed by atoms with Crippen molar-refractivity contribution in [3.05, 3.63) is 107 Å². The van der Waals surface area contributed by atoms with Crippen LogP contribution in [0.4, 0.5) is 26.3 Å². The highest BCUT2D eigenvalue weighted by molar-refractivity contribution is 5.95. The standard InChI is InChI=1S/C31H26F6N4O/c32-30(33,34)23-10-21(11-24(13-23)31(35,36)37)29(42)41-18-25-8-7-20(19-4-3-9-38-14-19)16-40(25)17-26(41)12-22-15-39-28-6-2-1-5-27(22)28/h1-6,9-11,13-16,25-26,39H,7-8,12,17-18H2/t25-,26-/m1/s1.